The van der Waals surface area contributed by atoms with Crippen LogP contribution >= 0.6 is 0 Å². The molecule has 0 spiro atoms. The molecule has 8 unspecified atom stereocenters. The molecule has 222 valence electrons. The number of nitriles is 1. The second kappa shape index (κ2) is 14.2. The Bertz CT molecular complexity index is 871. The van der Waals surface area contributed by atoms with E-state index in [0.717, 1.165) is 18.8 Å². The highest BCUT2D eigenvalue weighted by Crippen LogP contribution is 2.61. The van der Waals surface area contributed by atoms with E-state index in [2.05, 4.69) is 49.7 Å². The standard InChI is InChI=1S/C29H51N7O.C2H6/c1-5-23-20(4)27(23)36(13-12-30)26(37)17-33-19(3)16-29(28(31)34-35-32)24-9-7-6-8-21(24)15-22-14-18(2)10-11-25(22)29;1-2/h18-25,27,33,35H,5-11,13-17,32H2,1-4H3,(H2,31,34);1-2H3/t18-,19-,20?,21?,22?,23?,24?,25?,27?,29?;/m1./s1. The van der Waals surface area contributed by atoms with Crippen molar-refractivity contribution in [2.75, 3.05) is 13.1 Å². The Balaban J connectivity index is 0.00000205. The molecule has 0 aromatic heterocycles. The molecule has 0 heterocycles. The van der Waals surface area contributed by atoms with Gasteiger partial charge in [-0.15, -0.1) is 0 Å². The minimum atomic E-state index is -0.208. The van der Waals surface area contributed by atoms with Crippen LogP contribution in [-0.4, -0.2) is 41.8 Å². The number of carbonyl (C=O) groups excluding carboxylic acids is 1. The maximum atomic E-state index is 13.3. The highest BCUT2D eigenvalue weighted by molar-refractivity contribution is 5.87. The zero-order chi connectivity index (χ0) is 28.7. The quantitative estimate of drug-likeness (QED) is 0.103. The molecule has 0 aromatic carbocycles. The summed E-state index contributed by atoms with van der Waals surface area (Å²) in [6.07, 6.45) is 12.0. The summed E-state index contributed by atoms with van der Waals surface area (Å²) in [5.41, 5.74) is 9.22. The number of rotatable bonds is 10. The maximum Gasteiger partial charge on any atom is 0.237 e. The summed E-state index contributed by atoms with van der Waals surface area (Å²) in [5, 5.41) is 17.4. The number of hydrazone groups is 1. The molecule has 4 rings (SSSR count). The number of hydrogen-bond donors (Lipinski definition) is 4. The minimum Gasteiger partial charge on any atom is -0.385 e. The molecule has 4 fully saturated rings. The van der Waals surface area contributed by atoms with Crippen LogP contribution < -0.4 is 22.4 Å². The Morgan fingerprint density at radius 2 is 1.82 bits per heavy atom. The van der Waals surface area contributed by atoms with Crippen molar-refractivity contribution >= 4 is 11.7 Å². The highest BCUT2D eigenvalue weighted by Gasteiger charge is 2.58. The van der Waals surface area contributed by atoms with Crippen molar-refractivity contribution in [1.29, 1.82) is 5.26 Å². The molecule has 0 aliphatic heterocycles. The average Bonchev–Trinajstić information content (AvgIpc) is 3.59. The van der Waals surface area contributed by atoms with Gasteiger partial charge in [0.05, 0.1) is 12.6 Å². The van der Waals surface area contributed by atoms with E-state index in [4.69, 9.17) is 11.6 Å². The number of nitrogens with two attached hydrogens (primary N) is 2. The van der Waals surface area contributed by atoms with Gasteiger partial charge in [-0.3, -0.25) is 4.79 Å². The summed E-state index contributed by atoms with van der Waals surface area (Å²) >= 11 is 0. The molecule has 4 aliphatic carbocycles. The van der Waals surface area contributed by atoms with Crippen molar-refractivity contribution in [3.05, 3.63) is 0 Å². The summed E-state index contributed by atoms with van der Waals surface area (Å²) in [5.74, 6) is 10.5. The van der Waals surface area contributed by atoms with E-state index in [1.165, 1.54) is 51.4 Å². The number of amides is 1. The molecular weight excluding hydrogens is 486 g/mol. The lowest BCUT2D eigenvalue weighted by Crippen LogP contribution is -2.60. The highest BCUT2D eigenvalue weighted by atomic mass is 16.2. The molecule has 8 heteroatoms. The van der Waals surface area contributed by atoms with E-state index in [0.29, 0.717) is 41.3 Å². The Labute approximate surface area is 238 Å². The summed E-state index contributed by atoms with van der Waals surface area (Å²) < 4.78 is 0. The summed E-state index contributed by atoms with van der Waals surface area (Å²) in [6, 6.07) is 2.51. The second-order valence-corrected chi connectivity index (χ2v) is 12.9. The predicted molar refractivity (Wildman–Crippen MR) is 159 cm³/mol. The van der Waals surface area contributed by atoms with Crippen LogP contribution in [0.4, 0.5) is 0 Å². The van der Waals surface area contributed by atoms with Gasteiger partial charge in [-0.2, -0.15) is 10.4 Å². The first-order chi connectivity index (χ1) is 18.8. The van der Waals surface area contributed by atoms with Gasteiger partial charge in [0.15, 0.2) is 0 Å². The zero-order valence-corrected chi connectivity index (χ0v) is 25.6. The normalized spacial score (nSPS) is 38.2. The van der Waals surface area contributed by atoms with Gasteiger partial charge in [0.1, 0.15) is 12.4 Å². The molecule has 4 saturated carbocycles. The minimum absolute atomic E-state index is 0.0315. The van der Waals surface area contributed by atoms with Gasteiger partial charge < -0.3 is 16.0 Å². The van der Waals surface area contributed by atoms with Gasteiger partial charge in [0.2, 0.25) is 5.91 Å². The monoisotopic (exact) mass is 543 g/mol. The molecular formula is C31H57N7O. The summed E-state index contributed by atoms with van der Waals surface area (Å²) in [6.45, 7) is 13.4. The Kier molecular flexibility index (Phi) is 11.5. The SMILES string of the molecule is CC.CCC1C(C)C1N(CC#N)C(=O)CN[C@H](C)CC1(/C(N)=N/NN)C2CCCCC2CC2C[C@H](C)CCC21. The second-order valence-electron chi connectivity index (χ2n) is 12.9. The number of hydrogen-bond acceptors (Lipinski definition) is 6. The fourth-order valence-electron chi connectivity index (χ4n) is 9.26. The van der Waals surface area contributed by atoms with Gasteiger partial charge in [0, 0.05) is 17.5 Å². The van der Waals surface area contributed by atoms with E-state index in [1.807, 2.05) is 13.8 Å². The van der Waals surface area contributed by atoms with Crippen LogP contribution in [0.1, 0.15) is 106 Å². The number of hydrazine groups is 1. The van der Waals surface area contributed by atoms with Gasteiger partial charge >= 0.3 is 0 Å². The first-order valence-corrected chi connectivity index (χ1v) is 16.0. The molecule has 10 atom stereocenters. The predicted octanol–water partition coefficient (Wildman–Crippen LogP) is 4.76. The number of carbonyl (C=O) groups is 1. The van der Waals surface area contributed by atoms with E-state index < -0.39 is 0 Å². The Morgan fingerprint density at radius 1 is 1.13 bits per heavy atom. The zero-order valence-electron chi connectivity index (χ0n) is 25.6. The van der Waals surface area contributed by atoms with Crippen LogP contribution in [0, 0.1) is 58.2 Å². The summed E-state index contributed by atoms with van der Waals surface area (Å²) in [4.78, 5) is 15.1. The molecule has 0 aromatic rings. The number of nitrogens with one attached hydrogen (secondary N) is 2. The maximum absolute atomic E-state index is 13.3. The van der Waals surface area contributed by atoms with Crippen LogP contribution in [0.25, 0.3) is 0 Å². The first-order valence-electron chi connectivity index (χ1n) is 16.0. The Hall–Kier alpha value is -1.85. The van der Waals surface area contributed by atoms with E-state index >= 15 is 0 Å². The van der Waals surface area contributed by atoms with Crippen molar-refractivity contribution in [2.24, 2.45) is 63.5 Å². The van der Waals surface area contributed by atoms with Crippen molar-refractivity contribution in [3.8, 4) is 6.07 Å². The largest absolute Gasteiger partial charge is 0.385 e. The molecule has 0 saturated heterocycles. The third kappa shape index (κ3) is 6.56. The van der Waals surface area contributed by atoms with Crippen LogP contribution in [0.5, 0.6) is 0 Å². The molecule has 39 heavy (non-hydrogen) atoms. The molecule has 0 bridgehead atoms. The first kappa shape index (κ1) is 31.7. The lowest BCUT2D eigenvalue weighted by molar-refractivity contribution is -0.130. The summed E-state index contributed by atoms with van der Waals surface area (Å²) in [7, 11) is 0. The Morgan fingerprint density at radius 3 is 2.46 bits per heavy atom. The molecule has 1 amide bonds. The average molecular weight is 544 g/mol. The number of nitrogens with zero attached hydrogens (tertiary/aromatic N) is 3. The number of amidine groups is 1. The van der Waals surface area contributed by atoms with E-state index in [1.54, 1.807) is 4.90 Å². The van der Waals surface area contributed by atoms with Crippen molar-refractivity contribution < 1.29 is 4.79 Å². The van der Waals surface area contributed by atoms with Gasteiger partial charge in [-0.25, -0.2) is 11.4 Å². The third-order valence-electron chi connectivity index (χ3n) is 10.9. The molecule has 6 N–H and O–H groups in total. The molecule has 8 nitrogen and oxygen atoms in total. The van der Waals surface area contributed by atoms with Crippen LogP contribution in [-0.2, 0) is 4.79 Å². The molecule has 0 radical (unpaired) electrons. The van der Waals surface area contributed by atoms with Crippen LogP contribution in [0.3, 0.4) is 0 Å². The number of fused-ring (bicyclic) bond motifs is 2. The van der Waals surface area contributed by atoms with Gasteiger partial charge in [-0.1, -0.05) is 66.7 Å². The van der Waals surface area contributed by atoms with Gasteiger partial charge in [-0.05, 0) is 80.5 Å². The van der Waals surface area contributed by atoms with Crippen molar-refractivity contribution in [1.82, 2.24) is 15.8 Å². The lowest BCUT2D eigenvalue weighted by Gasteiger charge is -2.60. The molecule has 4 aliphatic rings. The van der Waals surface area contributed by atoms with Crippen molar-refractivity contribution in [2.45, 2.75) is 118 Å². The fourth-order valence-corrected chi connectivity index (χ4v) is 9.26. The third-order valence-corrected chi connectivity index (χ3v) is 10.9. The smallest absolute Gasteiger partial charge is 0.237 e. The fraction of sp³-hybridized carbons (Fsp3) is 0.903. The topological polar surface area (TPSA) is 133 Å². The van der Waals surface area contributed by atoms with E-state index in [-0.39, 0.29) is 36.5 Å². The van der Waals surface area contributed by atoms with Crippen LogP contribution in [0.15, 0.2) is 5.10 Å². The van der Waals surface area contributed by atoms with E-state index in [9.17, 15) is 10.1 Å². The van der Waals surface area contributed by atoms with Gasteiger partial charge in [0.25, 0.3) is 0 Å². The lowest BCUT2D eigenvalue weighted by atomic mass is 9.45. The van der Waals surface area contributed by atoms with Crippen LogP contribution in [0.2, 0.25) is 0 Å². The van der Waals surface area contributed by atoms with Crippen molar-refractivity contribution in [3.63, 3.8) is 0 Å².